The lowest BCUT2D eigenvalue weighted by molar-refractivity contribution is 0.173. The highest BCUT2D eigenvalue weighted by Gasteiger charge is 2.36. The van der Waals surface area contributed by atoms with E-state index < -0.39 is 0 Å². The molecule has 4 aliphatic rings. The summed E-state index contributed by atoms with van der Waals surface area (Å²) in [5.74, 6) is 1.83. The lowest BCUT2D eigenvalue weighted by Crippen LogP contribution is -2.51. The average Bonchev–Trinajstić information content (AvgIpc) is 3.24. The van der Waals surface area contributed by atoms with Crippen molar-refractivity contribution in [3.8, 4) is 5.75 Å². The van der Waals surface area contributed by atoms with E-state index in [9.17, 15) is 0 Å². The van der Waals surface area contributed by atoms with Gasteiger partial charge in [0.15, 0.2) is 5.84 Å². The van der Waals surface area contributed by atoms with Crippen LogP contribution in [0.25, 0.3) is 0 Å². The number of methoxy groups -OCH3 is 1. The van der Waals surface area contributed by atoms with E-state index in [1.807, 2.05) is 12.1 Å². The molecular formula is C27H31N7O. The monoisotopic (exact) mass is 469 g/mol. The minimum Gasteiger partial charge on any atom is -0.497 e. The SMILES string of the molecule is COc1ccc(CN2CC3=C4C(=NNN=C4C(N4CCN(Cc5ccccc5)CC4)=N2)CC3)cc1. The van der Waals surface area contributed by atoms with Crippen LogP contribution in [-0.2, 0) is 13.1 Å². The van der Waals surface area contributed by atoms with Crippen molar-refractivity contribution < 1.29 is 4.74 Å². The van der Waals surface area contributed by atoms with Crippen LogP contribution >= 0.6 is 0 Å². The minimum absolute atomic E-state index is 0.741. The molecule has 1 aliphatic carbocycles. The Hall–Kier alpha value is -3.65. The first kappa shape index (κ1) is 21.9. The molecule has 8 nitrogen and oxygen atoms in total. The molecule has 8 heteroatoms. The van der Waals surface area contributed by atoms with Gasteiger partial charge in [-0.1, -0.05) is 42.5 Å². The first-order valence-corrected chi connectivity index (χ1v) is 12.4. The minimum atomic E-state index is 0.741. The number of nitrogens with one attached hydrogen (secondary N) is 1. The number of amidine groups is 1. The molecule has 0 spiro atoms. The molecule has 2 aromatic carbocycles. The molecule has 180 valence electrons. The van der Waals surface area contributed by atoms with Crippen molar-refractivity contribution in [2.45, 2.75) is 25.9 Å². The third-order valence-electron chi connectivity index (χ3n) is 7.16. The van der Waals surface area contributed by atoms with Gasteiger partial charge in [-0.15, -0.1) is 0 Å². The summed E-state index contributed by atoms with van der Waals surface area (Å²) >= 11 is 0. The maximum absolute atomic E-state index is 5.33. The summed E-state index contributed by atoms with van der Waals surface area (Å²) in [6.07, 6.45) is 1.98. The molecule has 6 rings (SSSR count). The largest absolute Gasteiger partial charge is 0.497 e. The highest BCUT2D eigenvalue weighted by atomic mass is 16.5. The second-order valence-electron chi connectivity index (χ2n) is 9.44. The number of rotatable bonds is 5. The number of piperazine rings is 1. The number of benzene rings is 2. The van der Waals surface area contributed by atoms with E-state index in [0.29, 0.717) is 0 Å². The second kappa shape index (κ2) is 9.54. The summed E-state index contributed by atoms with van der Waals surface area (Å²) in [5, 5.41) is 16.5. The molecule has 1 fully saturated rings. The molecule has 0 amide bonds. The summed E-state index contributed by atoms with van der Waals surface area (Å²) < 4.78 is 5.33. The van der Waals surface area contributed by atoms with Gasteiger partial charge in [0.2, 0.25) is 0 Å². The zero-order valence-electron chi connectivity index (χ0n) is 20.2. The van der Waals surface area contributed by atoms with Crippen LogP contribution in [0, 0.1) is 0 Å². The van der Waals surface area contributed by atoms with E-state index in [1.165, 1.54) is 22.3 Å². The highest BCUT2D eigenvalue weighted by molar-refractivity contribution is 6.54. The van der Waals surface area contributed by atoms with Crippen LogP contribution in [0.15, 0.2) is 81.0 Å². The Bertz CT molecular complexity index is 1190. The maximum Gasteiger partial charge on any atom is 0.177 e. The van der Waals surface area contributed by atoms with Crippen molar-refractivity contribution in [2.24, 2.45) is 15.3 Å². The Kier molecular flexibility index (Phi) is 5.96. The molecule has 0 unspecified atom stereocenters. The van der Waals surface area contributed by atoms with Crippen molar-refractivity contribution in [2.75, 3.05) is 39.8 Å². The Morgan fingerprint density at radius 1 is 0.857 bits per heavy atom. The Balaban J connectivity index is 1.24. The molecule has 35 heavy (non-hydrogen) atoms. The van der Waals surface area contributed by atoms with Crippen molar-refractivity contribution in [3.63, 3.8) is 0 Å². The first-order valence-electron chi connectivity index (χ1n) is 12.4. The number of hydrogen-bond donors (Lipinski definition) is 1. The fourth-order valence-corrected chi connectivity index (χ4v) is 5.29. The summed E-state index contributed by atoms with van der Waals surface area (Å²) in [5.41, 5.74) is 10.2. The van der Waals surface area contributed by atoms with Crippen molar-refractivity contribution in [1.82, 2.24) is 20.3 Å². The predicted octanol–water partition coefficient (Wildman–Crippen LogP) is 3.05. The summed E-state index contributed by atoms with van der Waals surface area (Å²) in [6.45, 7) is 6.38. The van der Waals surface area contributed by atoms with Gasteiger partial charge in [-0.3, -0.25) is 9.91 Å². The van der Waals surface area contributed by atoms with Gasteiger partial charge >= 0.3 is 0 Å². The third-order valence-corrected chi connectivity index (χ3v) is 7.16. The van der Waals surface area contributed by atoms with Crippen LogP contribution in [-0.4, -0.2) is 71.9 Å². The smallest absolute Gasteiger partial charge is 0.177 e. The van der Waals surface area contributed by atoms with E-state index >= 15 is 0 Å². The van der Waals surface area contributed by atoms with Crippen LogP contribution in [0.2, 0.25) is 0 Å². The van der Waals surface area contributed by atoms with Crippen molar-refractivity contribution in [3.05, 3.63) is 76.9 Å². The molecule has 0 bridgehead atoms. The molecule has 2 aromatic rings. The molecular weight excluding hydrogens is 438 g/mol. The van der Waals surface area contributed by atoms with Gasteiger partial charge in [0.25, 0.3) is 0 Å². The van der Waals surface area contributed by atoms with Gasteiger partial charge in [0, 0.05) is 38.3 Å². The molecule has 0 radical (unpaired) electrons. The molecule has 3 aliphatic heterocycles. The van der Waals surface area contributed by atoms with Gasteiger partial charge in [-0.05, 0) is 41.7 Å². The number of ether oxygens (including phenoxy) is 1. The Morgan fingerprint density at radius 2 is 1.63 bits per heavy atom. The van der Waals surface area contributed by atoms with Crippen LogP contribution in [0.3, 0.4) is 0 Å². The van der Waals surface area contributed by atoms with Crippen molar-refractivity contribution >= 4 is 17.3 Å². The summed E-state index contributed by atoms with van der Waals surface area (Å²) in [7, 11) is 1.70. The fraction of sp³-hybridized carbons (Fsp3) is 0.370. The average molecular weight is 470 g/mol. The van der Waals surface area contributed by atoms with Crippen LogP contribution in [0.4, 0.5) is 0 Å². The summed E-state index contributed by atoms with van der Waals surface area (Å²) in [4.78, 5) is 4.92. The number of nitrogens with zero attached hydrogens (tertiary/aromatic N) is 6. The van der Waals surface area contributed by atoms with Gasteiger partial charge in [0.1, 0.15) is 11.5 Å². The molecule has 0 atom stereocenters. The quantitative estimate of drug-likeness (QED) is 0.729. The van der Waals surface area contributed by atoms with E-state index in [2.05, 4.69) is 73.0 Å². The zero-order chi connectivity index (χ0) is 23.6. The van der Waals surface area contributed by atoms with E-state index in [1.54, 1.807) is 7.11 Å². The number of hydrazone groups is 3. The Labute approximate surface area is 206 Å². The Morgan fingerprint density at radius 3 is 2.40 bits per heavy atom. The fourth-order valence-electron chi connectivity index (χ4n) is 5.29. The molecule has 1 N–H and O–H groups in total. The lowest BCUT2D eigenvalue weighted by atomic mass is 10.0. The second-order valence-corrected chi connectivity index (χ2v) is 9.44. The predicted molar refractivity (Wildman–Crippen MR) is 138 cm³/mol. The number of hydrogen-bond acceptors (Lipinski definition) is 8. The normalized spacial score (nSPS) is 20.0. The molecule has 1 saturated heterocycles. The van der Waals surface area contributed by atoms with Crippen molar-refractivity contribution in [1.29, 1.82) is 0 Å². The topological polar surface area (TPSA) is 68.1 Å². The summed E-state index contributed by atoms with van der Waals surface area (Å²) in [6, 6.07) is 19.0. The maximum atomic E-state index is 5.33. The zero-order valence-corrected chi connectivity index (χ0v) is 20.2. The van der Waals surface area contributed by atoms with E-state index in [0.717, 1.165) is 81.7 Å². The van der Waals surface area contributed by atoms with Gasteiger partial charge in [-0.25, -0.2) is 0 Å². The molecule has 0 saturated carbocycles. The van der Waals surface area contributed by atoms with Gasteiger partial charge < -0.3 is 9.64 Å². The van der Waals surface area contributed by atoms with Crippen LogP contribution in [0.5, 0.6) is 5.75 Å². The van der Waals surface area contributed by atoms with Crippen LogP contribution in [0.1, 0.15) is 24.0 Å². The molecule has 3 heterocycles. The van der Waals surface area contributed by atoms with Gasteiger partial charge in [0.05, 0.1) is 25.9 Å². The van der Waals surface area contributed by atoms with E-state index in [-0.39, 0.29) is 0 Å². The highest BCUT2D eigenvalue weighted by Crippen LogP contribution is 2.31. The van der Waals surface area contributed by atoms with Crippen LogP contribution < -0.4 is 10.3 Å². The third kappa shape index (κ3) is 4.53. The lowest BCUT2D eigenvalue weighted by Gasteiger charge is -2.37. The van der Waals surface area contributed by atoms with E-state index in [4.69, 9.17) is 9.84 Å². The molecule has 0 aromatic heterocycles. The van der Waals surface area contributed by atoms with Gasteiger partial charge in [-0.2, -0.15) is 20.8 Å². The first-order chi connectivity index (χ1) is 17.3. The standard InChI is InChI=1S/C27H31N7O/c1-35-23-10-7-21(8-11-23)18-34-19-22-9-12-24-25(22)26(29-31-28-24)27(30-34)33-15-13-32(14-16-33)17-20-5-3-2-4-6-20/h2-8,10-11,31H,9,12-19H2,1H3.